The van der Waals surface area contributed by atoms with Crippen LogP contribution in [0.2, 0.25) is 0 Å². The molecule has 0 bridgehead atoms. The minimum absolute atomic E-state index is 0.0268. The van der Waals surface area contributed by atoms with Gasteiger partial charge in [0.15, 0.2) is 0 Å². The van der Waals surface area contributed by atoms with Crippen LogP contribution in [0.4, 0.5) is 9.80 Å². The number of nitrogens with zero attached hydrogens (tertiary/aromatic N) is 1. The summed E-state index contributed by atoms with van der Waals surface area (Å²) in [6.45, 7) is 1.81. The molecular weight excluding hydrogens is 362 g/mol. The summed E-state index contributed by atoms with van der Waals surface area (Å²) in [5, 5.41) is 8.69. The fraction of sp³-hybridized carbons (Fsp3) is 0.400. The Hall–Kier alpha value is -2.54. The number of piperidine rings is 1. The van der Waals surface area contributed by atoms with Crippen LogP contribution in [0.1, 0.15) is 18.4 Å². The Bertz CT molecular complexity index is 756. The molecule has 1 aromatic heterocycles. The van der Waals surface area contributed by atoms with Crippen LogP contribution < -0.4 is 15.4 Å². The Labute approximate surface area is 163 Å². The number of ether oxygens (including phenoxy) is 1. The first-order valence-corrected chi connectivity index (χ1v) is 10.0. The quantitative estimate of drug-likeness (QED) is 0.798. The Morgan fingerprint density at radius 3 is 2.74 bits per heavy atom. The molecule has 0 unspecified atom stereocenters. The van der Waals surface area contributed by atoms with Gasteiger partial charge < -0.3 is 15.0 Å². The van der Waals surface area contributed by atoms with Crippen molar-refractivity contribution in [2.75, 3.05) is 32.1 Å². The molecule has 6 nitrogen and oxygen atoms in total. The molecule has 144 valence electrons. The first-order chi connectivity index (χ1) is 13.2. The molecule has 2 N–H and O–H groups in total. The zero-order valence-corrected chi connectivity index (χ0v) is 16.3. The van der Waals surface area contributed by atoms with Crippen LogP contribution in [0.15, 0.2) is 41.8 Å². The normalized spacial score (nSPS) is 14.6. The van der Waals surface area contributed by atoms with E-state index in [1.807, 2.05) is 41.8 Å². The lowest BCUT2D eigenvalue weighted by atomic mass is 9.96. The number of carbonyl (C=O) groups is 2. The number of nitrogens with one attached hydrogen (secondary N) is 2. The molecule has 7 heteroatoms. The van der Waals surface area contributed by atoms with Gasteiger partial charge in [0.2, 0.25) is 5.91 Å². The van der Waals surface area contributed by atoms with E-state index in [9.17, 15) is 9.59 Å². The van der Waals surface area contributed by atoms with Crippen molar-refractivity contribution >= 4 is 28.3 Å². The average Bonchev–Trinajstić information content (AvgIpc) is 3.21. The van der Waals surface area contributed by atoms with Crippen molar-refractivity contribution in [3.8, 4) is 5.75 Å². The second-order valence-corrected chi connectivity index (χ2v) is 7.51. The van der Waals surface area contributed by atoms with Crippen LogP contribution in [0, 0.1) is 5.92 Å². The summed E-state index contributed by atoms with van der Waals surface area (Å²) in [6, 6.07) is 11.6. The van der Waals surface area contributed by atoms with E-state index in [2.05, 4.69) is 10.6 Å². The van der Waals surface area contributed by atoms with Gasteiger partial charge in [-0.15, -0.1) is 11.3 Å². The highest BCUT2D eigenvalue weighted by atomic mass is 32.1. The van der Waals surface area contributed by atoms with Crippen molar-refractivity contribution in [2.45, 2.75) is 19.3 Å². The van der Waals surface area contributed by atoms with Crippen molar-refractivity contribution in [3.05, 3.63) is 47.3 Å². The average molecular weight is 388 g/mol. The van der Waals surface area contributed by atoms with E-state index >= 15 is 0 Å². The summed E-state index contributed by atoms with van der Waals surface area (Å²) in [6.07, 6.45) is 2.16. The predicted molar refractivity (Wildman–Crippen MR) is 107 cm³/mol. The third kappa shape index (κ3) is 5.47. The Morgan fingerprint density at radius 1 is 1.22 bits per heavy atom. The highest BCUT2D eigenvalue weighted by molar-refractivity contribution is 7.14. The molecule has 0 spiro atoms. The predicted octanol–water partition coefficient (Wildman–Crippen LogP) is 3.36. The number of rotatable bonds is 6. The standard InChI is InChI=1S/C20H25N3O3S/c1-26-17-5-2-4-15(14-17)7-10-21-19(24)16-8-11-23(12-9-16)20(25)22-18-6-3-13-27-18/h2-6,13-14,16H,7-12H2,1H3,(H,21,24)(H,22,25). The molecule has 1 aromatic carbocycles. The molecule has 1 saturated heterocycles. The molecule has 27 heavy (non-hydrogen) atoms. The topological polar surface area (TPSA) is 70.7 Å². The van der Waals surface area contributed by atoms with Gasteiger partial charge >= 0.3 is 6.03 Å². The third-order valence-corrected chi connectivity index (χ3v) is 5.54. The number of amides is 3. The van der Waals surface area contributed by atoms with E-state index in [0.717, 1.165) is 22.7 Å². The lowest BCUT2D eigenvalue weighted by Crippen LogP contribution is -2.44. The maximum atomic E-state index is 12.4. The minimum atomic E-state index is -0.0886. The molecule has 3 amide bonds. The van der Waals surface area contributed by atoms with E-state index in [0.29, 0.717) is 32.5 Å². The minimum Gasteiger partial charge on any atom is -0.497 e. The van der Waals surface area contributed by atoms with Gasteiger partial charge in [0, 0.05) is 25.6 Å². The van der Waals surface area contributed by atoms with Crippen LogP contribution in [0.25, 0.3) is 0 Å². The summed E-state index contributed by atoms with van der Waals surface area (Å²) in [5.41, 5.74) is 1.13. The second-order valence-electron chi connectivity index (χ2n) is 6.56. The van der Waals surface area contributed by atoms with Crippen molar-refractivity contribution in [1.82, 2.24) is 10.2 Å². The monoisotopic (exact) mass is 387 g/mol. The largest absolute Gasteiger partial charge is 0.497 e. The number of benzene rings is 1. The highest BCUT2D eigenvalue weighted by Crippen LogP contribution is 2.20. The highest BCUT2D eigenvalue weighted by Gasteiger charge is 2.27. The molecule has 3 rings (SSSR count). The first-order valence-electron chi connectivity index (χ1n) is 9.16. The van der Waals surface area contributed by atoms with Gasteiger partial charge in [0.25, 0.3) is 0 Å². The lowest BCUT2D eigenvalue weighted by Gasteiger charge is -2.31. The maximum absolute atomic E-state index is 12.4. The van der Waals surface area contributed by atoms with Gasteiger partial charge in [0.1, 0.15) is 5.75 Å². The van der Waals surface area contributed by atoms with Crippen molar-refractivity contribution in [2.24, 2.45) is 5.92 Å². The first kappa shape index (κ1) is 19.2. The smallest absolute Gasteiger partial charge is 0.322 e. The van der Waals surface area contributed by atoms with Crippen LogP contribution >= 0.6 is 11.3 Å². The van der Waals surface area contributed by atoms with Crippen LogP contribution in [-0.2, 0) is 11.2 Å². The van der Waals surface area contributed by atoms with Gasteiger partial charge in [0.05, 0.1) is 12.1 Å². The summed E-state index contributed by atoms with van der Waals surface area (Å²) in [4.78, 5) is 26.4. The molecule has 0 atom stereocenters. The second kappa shape index (κ2) is 9.41. The summed E-state index contributed by atoms with van der Waals surface area (Å²) in [5.74, 6) is 0.879. The van der Waals surface area contributed by atoms with E-state index in [1.54, 1.807) is 12.0 Å². The summed E-state index contributed by atoms with van der Waals surface area (Å²) >= 11 is 1.50. The van der Waals surface area contributed by atoms with Gasteiger partial charge in [-0.25, -0.2) is 4.79 Å². The molecule has 2 aromatic rings. The lowest BCUT2D eigenvalue weighted by molar-refractivity contribution is -0.126. The molecular formula is C20H25N3O3S. The van der Waals surface area contributed by atoms with Gasteiger partial charge in [-0.2, -0.15) is 0 Å². The van der Waals surface area contributed by atoms with Crippen molar-refractivity contribution in [1.29, 1.82) is 0 Å². The number of hydrogen-bond donors (Lipinski definition) is 2. The van der Waals surface area contributed by atoms with E-state index in [4.69, 9.17) is 4.74 Å². The Kier molecular flexibility index (Phi) is 6.70. The zero-order valence-electron chi connectivity index (χ0n) is 15.4. The van der Waals surface area contributed by atoms with Crippen LogP contribution in [0.3, 0.4) is 0 Å². The molecule has 1 fully saturated rings. The number of hydrogen-bond acceptors (Lipinski definition) is 4. The van der Waals surface area contributed by atoms with Crippen LogP contribution in [0.5, 0.6) is 5.75 Å². The molecule has 0 saturated carbocycles. The molecule has 0 radical (unpaired) electrons. The molecule has 1 aliphatic rings. The van der Waals surface area contributed by atoms with E-state index in [-0.39, 0.29) is 17.9 Å². The Morgan fingerprint density at radius 2 is 2.04 bits per heavy atom. The Balaban J connectivity index is 1.38. The third-order valence-electron chi connectivity index (χ3n) is 4.75. The number of likely N-dealkylation sites (tertiary alicyclic amines) is 1. The number of anilines is 1. The number of urea groups is 1. The van der Waals surface area contributed by atoms with E-state index < -0.39 is 0 Å². The van der Waals surface area contributed by atoms with Crippen molar-refractivity contribution < 1.29 is 14.3 Å². The molecule has 1 aliphatic heterocycles. The van der Waals surface area contributed by atoms with Gasteiger partial charge in [-0.3, -0.25) is 10.1 Å². The number of methoxy groups -OCH3 is 1. The fourth-order valence-electron chi connectivity index (χ4n) is 3.18. The SMILES string of the molecule is COc1cccc(CCNC(=O)C2CCN(C(=O)Nc3cccs3)CC2)c1. The van der Waals surface area contributed by atoms with E-state index in [1.165, 1.54) is 11.3 Å². The fourth-order valence-corrected chi connectivity index (χ4v) is 3.79. The molecule has 0 aliphatic carbocycles. The van der Waals surface area contributed by atoms with Gasteiger partial charge in [-0.05, 0) is 54.5 Å². The maximum Gasteiger partial charge on any atom is 0.322 e. The van der Waals surface area contributed by atoms with Crippen molar-refractivity contribution in [3.63, 3.8) is 0 Å². The summed E-state index contributed by atoms with van der Waals surface area (Å²) < 4.78 is 5.22. The van der Waals surface area contributed by atoms with Gasteiger partial charge in [-0.1, -0.05) is 12.1 Å². The van der Waals surface area contributed by atoms with Crippen LogP contribution in [-0.4, -0.2) is 43.6 Å². The number of carbonyl (C=O) groups excluding carboxylic acids is 2. The summed E-state index contributed by atoms with van der Waals surface area (Å²) in [7, 11) is 1.65. The zero-order chi connectivity index (χ0) is 19.1. The number of thiophene rings is 1. The molecule has 2 heterocycles.